The Kier molecular flexibility index (Phi) is 5.39. The van der Waals surface area contributed by atoms with Crippen molar-refractivity contribution in [2.24, 2.45) is 0 Å². The number of esters is 1. The Bertz CT molecular complexity index is 480. The molecule has 0 aliphatic heterocycles. The van der Waals surface area contributed by atoms with Crippen LogP contribution in [0, 0.1) is 0 Å². The summed E-state index contributed by atoms with van der Waals surface area (Å²) in [5, 5.41) is 9.08. The Balaban J connectivity index is 2.73. The fourth-order valence-electron chi connectivity index (χ4n) is 1.32. The zero-order valence-electron chi connectivity index (χ0n) is 9.85. The van der Waals surface area contributed by atoms with Gasteiger partial charge in [0.2, 0.25) is 0 Å². The second-order valence-electron chi connectivity index (χ2n) is 3.46. The van der Waals surface area contributed by atoms with Crippen molar-refractivity contribution in [1.82, 2.24) is 0 Å². The largest absolute Gasteiger partial charge is 0.478 e. The van der Waals surface area contributed by atoms with Crippen LogP contribution in [0.1, 0.15) is 29.3 Å². The summed E-state index contributed by atoms with van der Waals surface area (Å²) >= 11 is 5.74. The van der Waals surface area contributed by atoms with Crippen LogP contribution in [-0.4, -0.2) is 23.7 Å². The molecule has 0 heterocycles. The molecule has 5 heteroatoms. The van der Waals surface area contributed by atoms with Crippen LogP contribution >= 0.6 is 11.6 Å². The first kappa shape index (κ1) is 14.3. The molecule has 0 saturated heterocycles. The minimum absolute atomic E-state index is 0.0370. The Morgan fingerprint density at radius 3 is 2.78 bits per heavy atom. The molecule has 0 bridgehead atoms. The van der Waals surface area contributed by atoms with Gasteiger partial charge in [0, 0.05) is 0 Å². The quantitative estimate of drug-likeness (QED) is 0.834. The molecule has 0 unspecified atom stereocenters. The van der Waals surface area contributed by atoms with E-state index in [1.807, 2.05) is 0 Å². The van der Waals surface area contributed by atoms with E-state index in [1.54, 1.807) is 25.1 Å². The minimum Gasteiger partial charge on any atom is -0.478 e. The van der Waals surface area contributed by atoms with Gasteiger partial charge < -0.3 is 9.84 Å². The lowest BCUT2D eigenvalue weighted by Crippen LogP contribution is -2.01. The van der Waals surface area contributed by atoms with Crippen LogP contribution in [0.4, 0.5) is 0 Å². The maximum absolute atomic E-state index is 11.1. The van der Waals surface area contributed by atoms with Crippen molar-refractivity contribution in [2.75, 3.05) is 6.61 Å². The fourth-order valence-corrected chi connectivity index (χ4v) is 1.52. The smallest absolute Gasteiger partial charge is 0.337 e. The summed E-state index contributed by atoms with van der Waals surface area (Å²) in [4.78, 5) is 21.9. The van der Waals surface area contributed by atoms with Crippen molar-refractivity contribution >= 4 is 29.6 Å². The van der Waals surface area contributed by atoms with Gasteiger partial charge in [0.25, 0.3) is 0 Å². The summed E-state index contributed by atoms with van der Waals surface area (Å²) < 4.78 is 4.76. The molecule has 1 rings (SSSR count). The average Bonchev–Trinajstić information content (AvgIpc) is 2.31. The maximum atomic E-state index is 11.1. The molecule has 0 aliphatic carbocycles. The monoisotopic (exact) mass is 268 g/mol. The van der Waals surface area contributed by atoms with Gasteiger partial charge >= 0.3 is 11.9 Å². The zero-order valence-corrected chi connectivity index (χ0v) is 10.6. The molecular formula is C13H13ClO4. The highest BCUT2D eigenvalue weighted by molar-refractivity contribution is 6.33. The van der Waals surface area contributed by atoms with Gasteiger partial charge in [0.15, 0.2) is 0 Å². The number of benzene rings is 1. The van der Waals surface area contributed by atoms with Gasteiger partial charge in [-0.3, -0.25) is 4.79 Å². The Hall–Kier alpha value is -1.81. The van der Waals surface area contributed by atoms with Crippen molar-refractivity contribution in [3.63, 3.8) is 0 Å². The minimum atomic E-state index is -1.08. The number of rotatable bonds is 5. The third-order valence-corrected chi connectivity index (χ3v) is 2.45. The fraction of sp³-hybridized carbons (Fsp3) is 0.231. The number of aromatic carboxylic acids is 1. The molecule has 4 nitrogen and oxygen atoms in total. The molecule has 0 spiro atoms. The van der Waals surface area contributed by atoms with E-state index in [0.717, 1.165) is 0 Å². The van der Waals surface area contributed by atoms with Crippen LogP contribution in [-0.2, 0) is 9.53 Å². The molecule has 0 amide bonds. The van der Waals surface area contributed by atoms with E-state index in [4.69, 9.17) is 21.4 Å². The molecule has 0 aliphatic rings. The lowest BCUT2D eigenvalue weighted by atomic mass is 10.1. The van der Waals surface area contributed by atoms with Crippen LogP contribution in [0.25, 0.3) is 6.08 Å². The Labute approximate surface area is 110 Å². The van der Waals surface area contributed by atoms with E-state index in [-0.39, 0.29) is 23.0 Å². The van der Waals surface area contributed by atoms with Crippen LogP contribution in [0.2, 0.25) is 5.02 Å². The van der Waals surface area contributed by atoms with Gasteiger partial charge in [-0.1, -0.05) is 29.8 Å². The summed E-state index contributed by atoms with van der Waals surface area (Å²) in [6, 6.07) is 4.64. The highest BCUT2D eigenvalue weighted by atomic mass is 35.5. The average molecular weight is 269 g/mol. The van der Waals surface area contributed by atoms with Crippen molar-refractivity contribution in [3.05, 3.63) is 40.4 Å². The van der Waals surface area contributed by atoms with Gasteiger partial charge in [0.05, 0.1) is 23.6 Å². The molecular weight excluding hydrogens is 256 g/mol. The predicted octanol–water partition coefficient (Wildman–Crippen LogP) is 3.00. The topological polar surface area (TPSA) is 63.6 Å². The number of ether oxygens (including phenoxy) is 1. The first-order valence-corrected chi connectivity index (χ1v) is 5.77. The number of carbonyl (C=O) groups is 2. The summed E-state index contributed by atoms with van der Waals surface area (Å²) in [6.07, 6.45) is 3.42. The van der Waals surface area contributed by atoms with Crippen molar-refractivity contribution < 1.29 is 19.4 Å². The normalized spacial score (nSPS) is 10.6. The van der Waals surface area contributed by atoms with Crippen LogP contribution < -0.4 is 0 Å². The summed E-state index contributed by atoms with van der Waals surface area (Å²) in [6.45, 7) is 2.08. The summed E-state index contributed by atoms with van der Waals surface area (Å²) in [5.41, 5.74) is 0.705. The molecule has 96 valence electrons. The number of halogens is 1. The van der Waals surface area contributed by atoms with Crippen LogP contribution in [0.5, 0.6) is 0 Å². The number of carboxylic acid groups (broad SMARTS) is 1. The van der Waals surface area contributed by atoms with Crippen LogP contribution in [0.3, 0.4) is 0 Å². The third kappa shape index (κ3) is 4.22. The van der Waals surface area contributed by atoms with E-state index in [9.17, 15) is 9.59 Å². The van der Waals surface area contributed by atoms with Gasteiger partial charge in [-0.25, -0.2) is 4.79 Å². The number of hydrogen-bond acceptors (Lipinski definition) is 3. The SMILES string of the molecule is CCOC(=O)CC=Cc1ccc(Cl)c(C(=O)O)c1. The molecule has 0 atom stereocenters. The van der Waals surface area contributed by atoms with E-state index in [1.165, 1.54) is 12.1 Å². The highest BCUT2D eigenvalue weighted by Crippen LogP contribution is 2.18. The van der Waals surface area contributed by atoms with Crippen LogP contribution in [0.15, 0.2) is 24.3 Å². The van der Waals surface area contributed by atoms with Crippen molar-refractivity contribution in [3.8, 4) is 0 Å². The molecule has 18 heavy (non-hydrogen) atoms. The number of hydrogen-bond donors (Lipinski definition) is 1. The number of carbonyl (C=O) groups excluding carboxylic acids is 1. The second-order valence-corrected chi connectivity index (χ2v) is 3.86. The summed E-state index contributed by atoms with van der Waals surface area (Å²) in [5.74, 6) is -1.40. The van der Waals surface area contributed by atoms with Crippen molar-refractivity contribution in [1.29, 1.82) is 0 Å². The first-order chi connectivity index (χ1) is 8.54. The van der Waals surface area contributed by atoms with Crippen molar-refractivity contribution in [2.45, 2.75) is 13.3 Å². The molecule has 0 saturated carbocycles. The maximum Gasteiger partial charge on any atom is 0.337 e. The lowest BCUT2D eigenvalue weighted by Gasteiger charge is -2.00. The van der Waals surface area contributed by atoms with E-state index in [2.05, 4.69) is 0 Å². The first-order valence-electron chi connectivity index (χ1n) is 5.39. The predicted molar refractivity (Wildman–Crippen MR) is 68.7 cm³/mol. The Morgan fingerprint density at radius 1 is 1.44 bits per heavy atom. The van der Waals surface area contributed by atoms with Gasteiger partial charge in [0.1, 0.15) is 0 Å². The molecule has 1 aromatic rings. The third-order valence-electron chi connectivity index (χ3n) is 2.12. The van der Waals surface area contributed by atoms with Gasteiger partial charge in [-0.15, -0.1) is 0 Å². The molecule has 1 N–H and O–H groups in total. The zero-order chi connectivity index (χ0) is 13.5. The number of carboxylic acids is 1. The molecule has 0 aromatic heterocycles. The summed E-state index contributed by atoms with van der Waals surface area (Å²) in [7, 11) is 0. The standard InChI is InChI=1S/C13H13ClO4/c1-2-18-12(15)5-3-4-9-6-7-11(14)10(8-9)13(16)17/h3-4,6-8H,2,5H2,1H3,(H,16,17). The molecule has 0 radical (unpaired) electrons. The molecule has 0 fully saturated rings. The van der Waals surface area contributed by atoms with E-state index < -0.39 is 5.97 Å². The Morgan fingerprint density at radius 2 is 2.17 bits per heavy atom. The van der Waals surface area contributed by atoms with E-state index in [0.29, 0.717) is 12.2 Å². The molecule has 1 aromatic carbocycles. The van der Waals surface area contributed by atoms with E-state index >= 15 is 0 Å². The van der Waals surface area contributed by atoms with Gasteiger partial charge in [-0.2, -0.15) is 0 Å². The second kappa shape index (κ2) is 6.81. The lowest BCUT2D eigenvalue weighted by molar-refractivity contribution is -0.142. The highest BCUT2D eigenvalue weighted by Gasteiger charge is 2.08. The van der Waals surface area contributed by atoms with Gasteiger partial charge in [-0.05, 0) is 24.6 Å².